The van der Waals surface area contributed by atoms with Gasteiger partial charge in [0.1, 0.15) is 12.2 Å². The summed E-state index contributed by atoms with van der Waals surface area (Å²) in [5.74, 6) is 0. The fourth-order valence-electron chi connectivity index (χ4n) is 4.48. The Morgan fingerprint density at radius 3 is 1.88 bits per heavy atom. The lowest BCUT2D eigenvalue weighted by Gasteiger charge is -2.29. The van der Waals surface area contributed by atoms with Gasteiger partial charge < -0.3 is 36.0 Å². The third kappa shape index (κ3) is 12.3. The summed E-state index contributed by atoms with van der Waals surface area (Å²) in [4.78, 5) is 0. The van der Waals surface area contributed by atoms with E-state index in [9.17, 15) is 25.5 Å². The van der Waals surface area contributed by atoms with Crippen molar-refractivity contribution < 1.29 is 30.3 Å². The standard InChI is InChI=1S/C25H51NO6/c1-2-3-4-5-6-7-8-9-10-11-12-13-15-20(27)23(29)19(26)18-32-22-17-14-16-21(28)24(30)25(22)31/h19-25,27-31H,2-18,26H2,1H3. The lowest BCUT2D eigenvalue weighted by atomic mass is 9.99. The first kappa shape index (κ1) is 29.8. The van der Waals surface area contributed by atoms with Gasteiger partial charge in [-0.25, -0.2) is 0 Å². The highest BCUT2D eigenvalue weighted by Crippen LogP contribution is 2.22. The van der Waals surface area contributed by atoms with Crippen molar-refractivity contribution >= 4 is 0 Å². The van der Waals surface area contributed by atoms with Crippen LogP contribution >= 0.6 is 0 Å². The van der Waals surface area contributed by atoms with Gasteiger partial charge in [-0.3, -0.25) is 0 Å². The van der Waals surface area contributed by atoms with Crippen molar-refractivity contribution in [1.82, 2.24) is 0 Å². The fourth-order valence-corrected chi connectivity index (χ4v) is 4.48. The molecule has 0 aromatic carbocycles. The molecule has 0 bridgehead atoms. The molecule has 1 aliphatic carbocycles. The first-order valence-corrected chi connectivity index (χ1v) is 13.2. The van der Waals surface area contributed by atoms with Crippen molar-refractivity contribution in [3.8, 4) is 0 Å². The van der Waals surface area contributed by atoms with Gasteiger partial charge in [-0.15, -0.1) is 0 Å². The molecule has 1 saturated carbocycles. The molecule has 0 aliphatic heterocycles. The molecule has 0 spiro atoms. The van der Waals surface area contributed by atoms with Crippen LogP contribution in [0.3, 0.4) is 0 Å². The summed E-state index contributed by atoms with van der Waals surface area (Å²) >= 11 is 0. The molecule has 0 radical (unpaired) electrons. The Hall–Kier alpha value is -0.280. The fraction of sp³-hybridized carbons (Fsp3) is 1.00. The SMILES string of the molecule is CCCCCCCCCCCCCCC(O)C(O)C(N)COC1CCCC(O)C(O)C1O. The molecule has 0 aromatic heterocycles. The molecule has 1 rings (SSSR count). The third-order valence-electron chi connectivity index (χ3n) is 6.80. The van der Waals surface area contributed by atoms with Gasteiger partial charge in [0.2, 0.25) is 0 Å². The van der Waals surface area contributed by atoms with Crippen LogP contribution in [0.4, 0.5) is 0 Å². The zero-order valence-corrected chi connectivity index (χ0v) is 20.3. The molecule has 0 saturated heterocycles. The van der Waals surface area contributed by atoms with E-state index >= 15 is 0 Å². The van der Waals surface area contributed by atoms with Gasteiger partial charge in [0.05, 0.1) is 37.1 Å². The van der Waals surface area contributed by atoms with Gasteiger partial charge in [-0.2, -0.15) is 0 Å². The number of hydrogen-bond donors (Lipinski definition) is 6. The summed E-state index contributed by atoms with van der Waals surface area (Å²) in [5, 5.41) is 50.3. The van der Waals surface area contributed by atoms with E-state index in [1.54, 1.807) is 0 Å². The molecule has 0 heterocycles. The van der Waals surface area contributed by atoms with Crippen LogP contribution in [0.25, 0.3) is 0 Å². The van der Waals surface area contributed by atoms with Crippen LogP contribution in [-0.2, 0) is 4.74 Å². The summed E-state index contributed by atoms with van der Waals surface area (Å²) < 4.78 is 5.63. The van der Waals surface area contributed by atoms with Crippen molar-refractivity contribution in [3.05, 3.63) is 0 Å². The van der Waals surface area contributed by atoms with Crippen LogP contribution in [0.1, 0.15) is 110 Å². The van der Waals surface area contributed by atoms with E-state index < -0.39 is 42.7 Å². The topological polar surface area (TPSA) is 136 Å². The largest absolute Gasteiger partial charge is 0.390 e. The second-order valence-corrected chi connectivity index (χ2v) is 9.75. The van der Waals surface area contributed by atoms with Gasteiger partial charge in [0.15, 0.2) is 0 Å². The summed E-state index contributed by atoms with van der Waals surface area (Å²) in [6, 6.07) is -0.778. The second kappa shape index (κ2) is 18.1. The van der Waals surface area contributed by atoms with Crippen molar-refractivity contribution in [1.29, 1.82) is 0 Å². The third-order valence-corrected chi connectivity index (χ3v) is 6.80. The molecular weight excluding hydrogens is 410 g/mol. The lowest BCUT2D eigenvalue weighted by Crippen LogP contribution is -2.49. The average Bonchev–Trinajstić information content (AvgIpc) is 2.90. The molecule has 7 heteroatoms. The number of hydrogen-bond acceptors (Lipinski definition) is 7. The van der Waals surface area contributed by atoms with Gasteiger partial charge in [0.25, 0.3) is 0 Å². The normalized spacial score (nSPS) is 27.1. The van der Waals surface area contributed by atoms with Crippen LogP contribution in [0.5, 0.6) is 0 Å². The van der Waals surface area contributed by atoms with E-state index in [4.69, 9.17) is 10.5 Å². The van der Waals surface area contributed by atoms with E-state index in [-0.39, 0.29) is 6.61 Å². The quantitative estimate of drug-likeness (QED) is 0.136. The van der Waals surface area contributed by atoms with Gasteiger partial charge in [0, 0.05) is 0 Å². The maximum atomic E-state index is 10.3. The Balaban J connectivity index is 2.08. The van der Waals surface area contributed by atoms with Crippen molar-refractivity contribution in [2.45, 2.75) is 152 Å². The molecule has 32 heavy (non-hydrogen) atoms. The molecule has 7 N–H and O–H groups in total. The summed E-state index contributed by atoms with van der Waals surface area (Å²) in [7, 11) is 0. The highest BCUT2D eigenvalue weighted by atomic mass is 16.5. The van der Waals surface area contributed by atoms with Crippen LogP contribution < -0.4 is 5.73 Å². The predicted octanol–water partition coefficient (Wildman–Crippen LogP) is 2.78. The predicted molar refractivity (Wildman–Crippen MR) is 127 cm³/mol. The van der Waals surface area contributed by atoms with Gasteiger partial charge in [-0.05, 0) is 25.7 Å². The summed E-state index contributed by atoms with van der Waals surface area (Å²) in [6.07, 6.45) is 11.0. The second-order valence-electron chi connectivity index (χ2n) is 9.75. The molecule has 0 aromatic rings. The molecule has 192 valence electrons. The Labute approximate surface area is 195 Å². The minimum absolute atomic E-state index is 0.0266. The van der Waals surface area contributed by atoms with E-state index in [2.05, 4.69) is 6.92 Å². The Bertz CT molecular complexity index is 441. The molecule has 1 aliphatic rings. The van der Waals surface area contributed by atoms with Crippen LogP contribution in [0.2, 0.25) is 0 Å². The van der Waals surface area contributed by atoms with Crippen LogP contribution in [0, 0.1) is 0 Å². The van der Waals surface area contributed by atoms with Crippen molar-refractivity contribution in [2.75, 3.05) is 6.61 Å². The minimum atomic E-state index is -1.25. The number of nitrogens with two attached hydrogens (primary N) is 1. The van der Waals surface area contributed by atoms with E-state index in [1.165, 1.54) is 57.8 Å². The molecule has 7 nitrogen and oxygen atoms in total. The Morgan fingerprint density at radius 1 is 0.781 bits per heavy atom. The Morgan fingerprint density at radius 2 is 1.31 bits per heavy atom. The number of aliphatic hydroxyl groups excluding tert-OH is 5. The molecule has 7 atom stereocenters. The molecular formula is C25H51NO6. The number of aliphatic hydroxyl groups is 5. The lowest BCUT2D eigenvalue weighted by molar-refractivity contribution is -0.121. The Kier molecular flexibility index (Phi) is 16.8. The van der Waals surface area contributed by atoms with Crippen molar-refractivity contribution in [2.24, 2.45) is 5.73 Å². The first-order valence-electron chi connectivity index (χ1n) is 13.2. The van der Waals surface area contributed by atoms with Crippen LogP contribution in [0.15, 0.2) is 0 Å². The smallest absolute Gasteiger partial charge is 0.108 e. The summed E-state index contributed by atoms with van der Waals surface area (Å²) in [5.41, 5.74) is 5.99. The summed E-state index contributed by atoms with van der Waals surface area (Å²) in [6.45, 7) is 2.22. The minimum Gasteiger partial charge on any atom is -0.390 e. The molecule has 7 unspecified atom stereocenters. The number of rotatable bonds is 18. The molecule has 1 fully saturated rings. The van der Waals surface area contributed by atoms with Gasteiger partial charge in [-0.1, -0.05) is 84.0 Å². The maximum absolute atomic E-state index is 10.3. The van der Waals surface area contributed by atoms with E-state index in [1.807, 2.05) is 0 Å². The van der Waals surface area contributed by atoms with Crippen molar-refractivity contribution in [3.63, 3.8) is 0 Å². The maximum Gasteiger partial charge on any atom is 0.108 e. The number of ether oxygens (including phenoxy) is 1. The van der Waals surface area contributed by atoms with E-state index in [0.717, 1.165) is 19.3 Å². The highest BCUT2D eigenvalue weighted by molar-refractivity contribution is 4.87. The monoisotopic (exact) mass is 461 g/mol. The zero-order valence-electron chi connectivity index (χ0n) is 20.3. The number of unbranched alkanes of at least 4 members (excludes halogenated alkanes) is 11. The average molecular weight is 462 g/mol. The zero-order chi connectivity index (χ0) is 23.8. The highest BCUT2D eigenvalue weighted by Gasteiger charge is 2.35. The van der Waals surface area contributed by atoms with Crippen LogP contribution in [-0.4, -0.2) is 74.8 Å². The first-order chi connectivity index (χ1) is 15.4. The van der Waals surface area contributed by atoms with E-state index in [0.29, 0.717) is 25.7 Å². The molecule has 0 amide bonds. The van der Waals surface area contributed by atoms with Gasteiger partial charge >= 0.3 is 0 Å².